The summed E-state index contributed by atoms with van der Waals surface area (Å²) in [5.74, 6) is 0.194. The molecule has 11 heteroatoms. The van der Waals surface area contributed by atoms with E-state index in [9.17, 15) is 14.0 Å². The highest BCUT2D eigenvalue weighted by atomic mass is 19.1. The highest BCUT2D eigenvalue weighted by Crippen LogP contribution is 2.44. The predicted octanol–water partition coefficient (Wildman–Crippen LogP) is 3.17. The summed E-state index contributed by atoms with van der Waals surface area (Å²) in [6.45, 7) is 0.486. The summed E-state index contributed by atoms with van der Waals surface area (Å²) >= 11 is 0. The number of hydrogen-bond donors (Lipinski definition) is 2. The van der Waals surface area contributed by atoms with E-state index in [0.29, 0.717) is 41.3 Å². The number of ketones is 1. The van der Waals surface area contributed by atoms with Gasteiger partial charge in [0.25, 0.3) is 5.91 Å². The van der Waals surface area contributed by atoms with E-state index in [0.717, 1.165) is 24.0 Å². The molecule has 2 fully saturated rings. The second-order valence-electron chi connectivity index (χ2n) is 9.46. The first-order chi connectivity index (χ1) is 17.5. The molecule has 1 amide bonds. The molecule has 3 N–H and O–H groups in total. The molecule has 2 aliphatic rings. The number of anilines is 1. The van der Waals surface area contributed by atoms with Crippen molar-refractivity contribution >= 4 is 23.2 Å². The molecule has 4 aromatic rings. The molecule has 0 spiro atoms. The zero-order valence-corrected chi connectivity index (χ0v) is 19.7. The Labute approximate surface area is 205 Å². The molecule has 6 heterocycles. The fourth-order valence-corrected chi connectivity index (χ4v) is 5.87. The van der Waals surface area contributed by atoms with Crippen molar-refractivity contribution in [3.63, 3.8) is 0 Å². The van der Waals surface area contributed by atoms with Crippen molar-refractivity contribution in [2.24, 2.45) is 0 Å². The quantitative estimate of drug-likeness (QED) is 0.412. The number of nitrogens with zero attached hydrogens (tertiary/aromatic N) is 6. The van der Waals surface area contributed by atoms with Gasteiger partial charge in [-0.05, 0) is 38.7 Å². The number of rotatable bonds is 5. The van der Waals surface area contributed by atoms with E-state index in [2.05, 4.69) is 20.1 Å². The maximum absolute atomic E-state index is 13.2. The fourth-order valence-electron chi connectivity index (χ4n) is 5.87. The van der Waals surface area contributed by atoms with E-state index >= 15 is 0 Å². The van der Waals surface area contributed by atoms with E-state index in [1.807, 2.05) is 12.1 Å². The van der Waals surface area contributed by atoms with Gasteiger partial charge < -0.3 is 15.6 Å². The second-order valence-corrected chi connectivity index (χ2v) is 9.46. The highest BCUT2D eigenvalue weighted by Gasteiger charge is 2.44. The lowest BCUT2D eigenvalue weighted by atomic mass is 9.85. The number of fused-ring (bicyclic) bond motifs is 3. The number of H-pyrrole nitrogens is 1. The molecule has 0 aromatic carbocycles. The first-order valence-electron chi connectivity index (χ1n) is 12.0. The lowest BCUT2D eigenvalue weighted by molar-refractivity contribution is -0.136. The van der Waals surface area contributed by atoms with Crippen LogP contribution in [-0.2, 0) is 4.79 Å². The number of carbonyl (C=O) groups is 2. The normalized spacial score (nSPS) is 21.3. The number of halogens is 1. The van der Waals surface area contributed by atoms with E-state index in [4.69, 9.17) is 10.7 Å². The summed E-state index contributed by atoms with van der Waals surface area (Å²) < 4.78 is 14.6. The largest absolute Gasteiger partial charge is 0.383 e. The number of alkyl halides is 1. The summed E-state index contributed by atoms with van der Waals surface area (Å²) in [4.78, 5) is 43.3. The molecular weight excluding hydrogens is 463 g/mol. The Morgan fingerprint density at radius 2 is 1.94 bits per heavy atom. The molecule has 0 aliphatic carbocycles. The Hall–Kier alpha value is -4.15. The SMILES string of the molecule is CC(=O)c1c(C2CC3CCC(C2)N3C(=O)CF)nc2c(-c3ccc(-c4ncc[nH]4)nc3)cnn2c1N. The number of pyridine rings is 1. The van der Waals surface area contributed by atoms with Gasteiger partial charge in [0.2, 0.25) is 0 Å². The van der Waals surface area contributed by atoms with Crippen LogP contribution in [0.25, 0.3) is 28.3 Å². The van der Waals surface area contributed by atoms with Gasteiger partial charge in [-0.3, -0.25) is 14.6 Å². The Balaban J connectivity index is 1.42. The molecule has 6 rings (SSSR count). The lowest BCUT2D eigenvalue weighted by Gasteiger charge is -2.38. The molecule has 4 aromatic heterocycles. The minimum Gasteiger partial charge on any atom is -0.383 e. The van der Waals surface area contributed by atoms with Crippen LogP contribution in [-0.4, -0.2) is 64.9 Å². The summed E-state index contributed by atoms with van der Waals surface area (Å²) in [5, 5.41) is 4.42. The third kappa shape index (κ3) is 3.45. The van der Waals surface area contributed by atoms with E-state index in [1.54, 1.807) is 29.7 Å². The Kier molecular flexibility index (Phi) is 5.27. The van der Waals surface area contributed by atoms with Gasteiger partial charge in [0, 0.05) is 47.7 Å². The number of Topliss-reactive ketones (excluding diaryl/α,β-unsaturated/α-hetero) is 1. The fraction of sp³-hybridized carbons (Fsp3) is 0.360. The van der Waals surface area contributed by atoms with E-state index < -0.39 is 12.6 Å². The topological polar surface area (TPSA) is 135 Å². The number of piperidine rings is 1. The molecule has 10 nitrogen and oxygen atoms in total. The number of carbonyl (C=O) groups excluding carboxylic acids is 2. The van der Waals surface area contributed by atoms with Gasteiger partial charge in [0.1, 0.15) is 11.5 Å². The number of nitrogen functional groups attached to an aromatic ring is 1. The van der Waals surface area contributed by atoms with Crippen LogP contribution in [0.2, 0.25) is 0 Å². The average Bonchev–Trinajstić information content (AvgIpc) is 3.62. The monoisotopic (exact) mass is 488 g/mol. The van der Waals surface area contributed by atoms with Gasteiger partial charge in [0.05, 0.1) is 17.5 Å². The van der Waals surface area contributed by atoms with Crippen LogP contribution >= 0.6 is 0 Å². The summed E-state index contributed by atoms with van der Waals surface area (Å²) in [6.07, 6.45) is 9.69. The van der Waals surface area contributed by atoms with Crippen molar-refractivity contribution in [3.8, 4) is 22.6 Å². The maximum Gasteiger partial charge on any atom is 0.254 e. The zero-order chi connectivity index (χ0) is 25.0. The van der Waals surface area contributed by atoms with Gasteiger partial charge in [-0.2, -0.15) is 9.61 Å². The standard InChI is InChI=1S/C25H25FN8O2/c1-13(35)21-22(15-8-16-3-4-17(9-15)33(16)20(36)10-26)32-25-18(12-31-34(25)23(21)27)14-2-5-19(30-11-14)24-28-6-7-29-24/h2,5-7,11-12,15-17H,3-4,8-10,27H2,1H3,(H,28,29). The Morgan fingerprint density at radius 3 is 2.56 bits per heavy atom. The first kappa shape index (κ1) is 22.3. The third-order valence-electron chi connectivity index (χ3n) is 7.40. The number of imidazole rings is 1. The first-order valence-corrected chi connectivity index (χ1v) is 12.0. The number of aromatic amines is 1. The van der Waals surface area contributed by atoms with Crippen molar-refractivity contribution in [1.82, 2.24) is 34.4 Å². The summed E-state index contributed by atoms with van der Waals surface area (Å²) in [7, 11) is 0. The van der Waals surface area contributed by atoms with Gasteiger partial charge >= 0.3 is 0 Å². The van der Waals surface area contributed by atoms with Gasteiger partial charge in [-0.15, -0.1) is 0 Å². The van der Waals surface area contributed by atoms with Gasteiger partial charge in [-0.1, -0.05) is 6.07 Å². The van der Waals surface area contributed by atoms with Gasteiger partial charge in [0.15, 0.2) is 23.9 Å². The molecular formula is C25H25FN8O2. The minimum absolute atomic E-state index is 0.0567. The third-order valence-corrected chi connectivity index (χ3v) is 7.40. The lowest BCUT2D eigenvalue weighted by Crippen LogP contribution is -2.47. The molecule has 2 aliphatic heterocycles. The second kappa shape index (κ2) is 8.51. The van der Waals surface area contributed by atoms with Crippen molar-refractivity contribution in [3.05, 3.63) is 48.2 Å². The molecule has 2 saturated heterocycles. The van der Waals surface area contributed by atoms with Crippen LogP contribution in [0, 0.1) is 0 Å². The number of nitrogens with two attached hydrogens (primary N) is 1. The number of aromatic nitrogens is 6. The van der Waals surface area contributed by atoms with Crippen LogP contribution in [0.5, 0.6) is 0 Å². The highest BCUT2D eigenvalue weighted by molar-refractivity contribution is 6.00. The Bertz CT molecular complexity index is 1450. The summed E-state index contributed by atoms with van der Waals surface area (Å²) in [5.41, 5.74) is 10.3. The molecule has 36 heavy (non-hydrogen) atoms. The van der Waals surface area contributed by atoms with Crippen LogP contribution in [0.3, 0.4) is 0 Å². The number of amides is 1. The molecule has 0 radical (unpaired) electrons. The van der Waals surface area contributed by atoms with Crippen LogP contribution in [0.1, 0.15) is 54.6 Å². The summed E-state index contributed by atoms with van der Waals surface area (Å²) in [6, 6.07) is 3.67. The van der Waals surface area contributed by atoms with Crippen molar-refractivity contribution in [2.75, 3.05) is 12.4 Å². The van der Waals surface area contributed by atoms with Crippen LogP contribution < -0.4 is 5.73 Å². The van der Waals surface area contributed by atoms with Crippen molar-refractivity contribution in [2.45, 2.75) is 50.6 Å². The van der Waals surface area contributed by atoms with Gasteiger partial charge in [-0.25, -0.2) is 14.4 Å². The van der Waals surface area contributed by atoms with Crippen molar-refractivity contribution < 1.29 is 14.0 Å². The van der Waals surface area contributed by atoms with Crippen LogP contribution in [0.4, 0.5) is 10.2 Å². The van der Waals surface area contributed by atoms with E-state index in [1.165, 1.54) is 11.4 Å². The smallest absolute Gasteiger partial charge is 0.254 e. The minimum atomic E-state index is -0.987. The molecule has 2 unspecified atom stereocenters. The predicted molar refractivity (Wildman–Crippen MR) is 130 cm³/mol. The zero-order valence-electron chi connectivity index (χ0n) is 19.7. The maximum atomic E-state index is 13.2. The van der Waals surface area contributed by atoms with Crippen LogP contribution in [0.15, 0.2) is 36.9 Å². The number of nitrogens with one attached hydrogen (secondary N) is 1. The van der Waals surface area contributed by atoms with E-state index in [-0.39, 0.29) is 29.6 Å². The van der Waals surface area contributed by atoms with Crippen molar-refractivity contribution in [1.29, 1.82) is 0 Å². The average molecular weight is 489 g/mol. The molecule has 2 bridgehead atoms. The Morgan fingerprint density at radius 1 is 1.17 bits per heavy atom. The molecule has 0 saturated carbocycles. The number of hydrogen-bond acceptors (Lipinski definition) is 7. The molecule has 2 atom stereocenters. The molecule has 184 valence electrons.